The summed E-state index contributed by atoms with van der Waals surface area (Å²) in [6, 6.07) is 2.10. The lowest BCUT2D eigenvalue weighted by molar-refractivity contribution is -0.139. The highest BCUT2D eigenvalue weighted by Crippen LogP contribution is 2.28. The van der Waals surface area contributed by atoms with Crippen molar-refractivity contribution in [3.63, 3.8) is 0 Å². The second kappa shape index (κ2) is 4.92. The minimum absolute atomic E-state index is 0.291. The van der Waals surface area contributed by atoms with Gasteiger partial charge in [0, 0.05) is 31.4 Å². The average Bonchev–Trinajstić information content (AvgIpc) is 2.87. The van der Waals surface area contributed by atoms with Crippen LogP contribution in [0.2, 0.25) is 0 Å². The molecule has 0 atom stereocenters. The number of amides is 1. The number of nitrogens with one attached hydrogen (secondary N) is 1. The molecule has 5 heteroatoms. The molecule has 0 aromatic carbocycles. The predicted octanol–water partition coefficient (Wildman–Crippen LogP) is 1.29. The number of rotatable bonds is 3. The lowest BCUT2D eigenvalue weighted by atomic mass is 10.0. The molecule has 1 N–H and O–H groups in total. The van der Waals surface area contributed by atoms with Crippen molar-refractivity contribution in [3.8, 4) is 0 Å². The van der Waals surface area contributed by atoms with Crippen molar-refractivity contribution < 1.29 is 4.79 Å². The number of carbonyl (C=O) groups excluding carboxylic acids is 1. The van der Waals surface area contributed by atoms with Gasteiger partial charge >= 0.3 is 0 Å². The predicted molar refractivity (Wildman–Crippen MR) is 68.0 cm³/mol. The number of nitrogens with zero attached hydrogens (tertiary/aromatic N) is 3. The molecule has 5 nitrogen and oxygen atoms in total. The van der Waals surface area contributed by atoms with E-state index in [0.29, 0.717) is 23.8 Å². The Bertz CT molecular complexity index is 410. The van der Waals surface area contributed by atoms with Crippen molar-refractivity contribution in [1.29, 1.82) is 0 Å². The van der Waals surface area contributed by atoms with E-state index >= 15 is 0 Å². The summed E-state index contributed by atoms with van der Waals surface area (Å²) in [4.78, 5) is 22.3. The smallest absolute Gasteiger partial charge is 0.225 e. The standard InChI is InChI=1S/C13H18N4O/c18-12(10-4-1-2-5-10)17-8-11(9-17)16-13-14-6-3-7-15-13/h3,6-7,10-11H,1-2,4-5,8-9H2,(H,14,15,16). The van der Waals surface area contributed by atoms with Crippen molar-refractivity contribution in [2.75, 3.05) is 18.4 Å². The van der Waals surface area contributed by atoms with Crippen LogP contribution < -0.4 is 5.32 Å². The molecule has 1 aromatic rings. The summed E-state index contributed by atoms with van der Waals surface area (Å²) in [6.07, 6.45) is 8.02. The van der Waals surface area contributed by atoms with Crippen molar-refractivity contribution in [1.82, 2.24) is 14.9 Å². The Labute approximate surface area is 107 Å². The molecular weight excluding hydrogens is 228 g/mol. The first-order valence-corrected chi connectivity index (χ1v) is 6.65. The van der Waals surface area contributed by atoms with E-state index in [2.05, 4.69) is 15.3 Å². The SMILES string of the molecule is O=C(C1CCCC1)N1CC(Nc2ncccn2)C1. The first-order valence-electron chi connectivity index (χ1n) is 6.65. The van der Waals surface area contributed by atoms with Gasteiger partial charge in [-0.3, -0.25) is 4.79 Å². The van der Waals surface area contributed by atoms with Crippen molar-refractivity contribution in [2.24, 2.45) is 5.92 Å². The van der Waals surface area contributed by atoms with Crippen molar-refractivity contribution in [3.05, 3.63) is 18.5 Å². The maximum Gasteiger partial charge on any atom is 0.225 e. The first-order chi connectivity index (χ1) is 8.83. The number of hydrogen-bond donors (Lipinski definition) is 1. The monoisotopic (exact) mass is 246 g/mol. The summed E-state index contributed by atoms with van der Waals surface area (Å²) in [5.41, 5.74) is 0. The summed E-state index contributed by atoms with van der Waals surface area (Å²) in [5.74, 6) is 1.29. The Morgan fingerprint density at radius 3 is 2.56 bits per heavy atom. The zero-order valence-corrected chi connectivity index (χ0v) is 10.4. The van der Waals surface area contributed by atoms with Gasteiger partial charge in [0.05, 0.1) is 6.04 Å². The third-order valence-electron chi connectivity index (χ3n) is 3.80. The van der Waals surface area contributed by atoms with Crippen LogP contribution in [0.4, 0.5) is 5.95 Å². The molecule has 1 aliphatic carbocycles. The number of anilines is 1. The van der Waals surface area contributed by atoms with Crippen molar-refractivity contribution >= 4 is 11.9 Å². The molecule has 18 heavy (non-hydrogen) atoms. The normalized spacial score (nSPS) is 20.8. The quantitative estimate of drug-likeness (QED) is 0.873. The molecule has 2 heterocycles. The lowest BCUT2D eigenvalue weighted by Crippen LogP contribution is -2.58. The maximum absolute atomic E-state index is 12.1. The van der Waals surface area contributed by atoms with E-state index in [1.54, 1.807) is 18.5 Å². The van der Waals surface area contributed by atoms with Crippen LogP contribution in [-0.4, -0.2) is 39.9 Å². The van der Waals surface area contributed by atoms with Crippen LogP contribution in [0.1, 0.15) is 25.7 Å². The lowest BCUT2D eigenvalue weighted by Gasteiger charge is -2.40. The van der Waals surface area contributed by atoms with Crippen LogP contribution in [-0.2, 0) is 4.79 Å². The van der Waals surface area contributed by atoms with E-state index in [1.807, 2.05) is 4.90 Å². The topological polar surface area (TPSA) is 58.1 Å². The van der Waals surface area contributed by atoms with E-state index in [9.17, 15) is 4.79 Å². The second-order valence-electron chi connectivity index (χ2n) is 5.14. The second-order valence-corrected chi connectivity index (χ2v) is 5.14. The van der Waals surface area contributed by atoms with Crippen molar-refractivity contribution in [2.45, 2.75) is 31.7 Å². The molecule has 2 fully saturated rings. The fraction of sp³-hybridized carbons (Fsp3) is 0.615. The fourth-order valence-electron chi connectivity index (χ4n) is 2.74. The number of aromatic nitrogens is 2. The van der Waals surface area contributed by atoms with Crippen LogP contribution in [0.3, 0.4) is 0 Å². The molecule has 1 saturated carbocycles. The Kier molecular flexibility index (Phi) is 3.13. The summed E-state index contributed by atoms with van der Waals surface area (Å²) >= 11 is 0. The molecule has 0 radical (unpaired) electrons. The molecule has 0 bridgehead atoms. The summed E-state index contributed by atoms with van der Waals surface area (Å²) in [7, 11) is 0. The number of likely N-dealkylation sites (tertiary alicyclic amines) is 1. The van der Waals surface area contributed by atoms with Gasteiger partial charge < -0.3 is 10.2 Å². The molecule has 1 amide bonds. The zero-order valence-electron chi connectivity index (χ0n) is 10.4. The maximum atomic E-state index is 12.1. The molecule has 1 aromatic heterocycles. The minimum atomic E-state index is 0.291. The highest BCUT2D eigenvalue weighted by Gasteiger charge is 2.35. The van der Waals surface area contributed by atoms with Gasteiger partial charge in [0.1, 0.15) is 0 Å². The van der Waals surface area contributed by atoms with Gasteiger partial charge in [-0.2, -0.15) is 0 Å². The van der Waals surface area contributed by atoms with Gasteiger partial charge in [0.2, 0.25) is 11.9 Å². The molecule has 3 rings (SSSR count). The molecule has 0 unspecified atom stereocenters. The summed E-state index contributed by atoms with van der Waals surface area (Å²) < 4.78 is 0. The Balaban J connectivity index is 1.47. The van der Waals surface area contributed by atoms with Crippen LogP contribution in [0, 0.1) is 5.92 Å². The summed E-state index contributed by atoms with van der Waals surface area (Å²) in [6.45, 7) is 1.57. The average molecular weight is 246 g/mol. The highest BCUT2D eigenvalue weighted by molar-refractivity contribution is 5.80. The Hall–Kier alpha value is -1.65. The highest BCUT2D eigenvalue weighted by atomic mass is 16.2. The molecule has 2 aliphatic rings. The van der Waals surface area contributed by atoms with Gasteiger partial charge in [-0.15, -0.1) is 0 Å². The molecule has 1 saturated heterocycles. The third kappa shape index (κ3) is 2.30. The van der Waals surface area contributed by atoms with Gasteiger partial charge in [0.25, 0.3) is 0 Å². The van der Waals surface area contributed by atoms with E-state index in [-0.39, 0.29) is 0 Å². The van der Waals surface area contributed by atoms with Gasteiger partial charge in [-0.1, -0.05) is 12.8 Å². The van der Waals surface area contributed by atoms with Gasteiger partial charge in [-0.05, 0) is 18.9 Å². The zero-order chi connectivity index (χ0) is 12.4. The first kappa shape index (κ1) is 11.4. The number of carbonyl (C=O) groups is 1. The molecule has 0 spiro atoms. The van der Waals surface area contributed by atoms with E-state index in [1.165, 1.54) is 12.8 Å². The van der Waals surface area contributed by atoms with E-state index < -0.39 is 0 Å². The van der Waals surface area contributed by atoms with Crippen LogP contribution in [0.25, 0.3) is 0 Å². The van der Waals surface area contributed by atoms with E-state index in [0.717, 1.165) is 25.9 Å². The fourth-order valence-corrected chi connectivity index (χ4v) is 2.74. The molecule has 1 aliphatic heterocycles. The molecular formula is C13H18N4O. The summed E-state index contributed by atoms with van der Waals surface area (Å²) in [5, 5.41) is 3.24. The third-order valence-corrected chi connectivity index (χ3v) is 3.80. The molecule has 96 valence electrons. The van der Waals surface area contributed by atoms with Crippen LogP contribution >= 0.6 is 0 Å². The minimum Gasteiger partial charge on any atom is -0.348 e. The Morgan fingerprint density at radius 2 is 1.89 bits per heavy atom. The van der Waals surface area contributed by atoms with Crippen LogP contribution in [0.15, 0.2) is 18.5 Å². The Morgan fingerprint density at radius 1 is 1.22 bits per heavy atom. The van der Waals surface area contributed by atoms with Gasteiger partial charge in [-0.25, -0.2) is 9.97 Å². The number of hydrogen-bond acceptors (Lipinski definition) is 4. The van der Waals surface area contributed by atoms with Gasteiger partial charge in [0.15, 0.2) is 0 Å². The largest absolute Gasteiger partial charge is 0.348 e. The van der Waals surface area contributed by atoms with E-state index in [4.69, 9.17) is 0 Å². The van der Waals surface area contributed by atoms with Crippen LogP contribution in [0.5, 0.6) is 0 Å².